The summed E-state index contributed by atoms with van der Waals surface area (Å²) in [4.78, 5) is 2.46. The van der Waals surface area contributed by atoms with Crippen molar-refractivity contribution in [1.29, 1.82) is 0 Å². The molecule has 0 heterocycles. The highest BCUT2D eigenvalue weighted by atomic mass is 79.9. The van der Waals surface area contributed by atoms with Crippen LogP contribution in [-0.4, -0.2) is 36.3 Å². The van der Waals surface area contributed by atoms with Crippen molar-refractivity contribution in [3.63, 3.8) is 0 Å². The van der Waals surface area contributed by atoms with Gasteiger partial charge in [0, 0.05) is 28.1 Å². The highest BCUT2D eigenvalue weighted by Gasteiger charge is 2.21. The fourth-order valence-electron chi connectivity index (χ4n) is 2.21. The predicted octanol–water partition coefficient (Wildman–Crippen LogP) is 4.30. The minimum atomic E-state index is 0.204. The zero-order valence-electron chi connectivity index (χ0n) is 12.8. The van der Waals surface area contributed by atoms with Gasteiger partial charge in [0.25, 0.3) is 0 Å². The molecule has 0 amide bonds. The maximum Gasteiger partial charge on any atom is 0.0459 e. The summed E-state index contributed by atoms with van der Waals surface area (Å²) < 4.78 is 1.17. The SMILES string of the molecule is CCC(N)C(SCCN(CC)CC)c1ccccc1Br. The Bertz CT molecular complexity index is 382. The molecule has 20 heavy (non-hydrogen) atoms. The lowest BCUT2D eigenvalue weighted by Gasteiger charge is -2.25. The van der Waals surface area contributed by atoms with E-state index in [2.05, 4.69) is 65.9 Å². The summed E-state index contributed by atoms with van der Waals surface area (Å²) in [6.45, 7) is 9.98. The lowest BCUT2D eigenvalue weighted by atomic mass is 10.0. The van der Waals surface area contributed by atoms with Gasteiger partial charge in [-0.2, -0.15) is 11.8 Å². The first-order valence-corrected chi connectivity index (χ1v) is 9.32. The molecule has 0 aliphatic heterocycles. The van der Waals surface area contributed by atoms with Gasteiger partial charge >= 0.3 is 0 Å². The van der Waals surface area contributed by atoms with Crippen LogP contribution in [-0.2, 0) is 0 Å². The normalized spacial score (nSPS) is 14.5. The molecule has 4 heteroatoms. The van der Waals surface area contributed by atoms with Crippen molar-refractivity contribution < 1.29 is 0 Å². The van der Waals surface area contributed by atoms with E-state index in [-0.39, 0.29) is 6.04 Å². The molecule has 2 nitrogen and oxygen atoms in total. The molecule has 2 unspecified atom stereocenters. The van der Waals surface area contributed by atoms with Crippen LogP contribution in [0.2, 0.25) is 0 Å². The molecule has 2 atom stereocenters. The third-order valence-corrected chi connectivity index (χ3v) is 5.77. The van der Waals surface area contributed by atoms with Crippen molar-refractivity contribution in [2.24, 2.45) is 5.73 Å². The summed E-state index contributed by atoms with van der Waals surface area (Å²) in [6.07, 6.45) is 1.00. The molecule has 1 rings (SSSR count). The number of nitrogens with two attached hydrogens (primary N) is 1. The van der Waals surface area contributed by atoms with E-state index in [0.29, 0.717) is 5.25 Å². The van der Waals surface area contributed by atoms with Crippen molar-refractivity contribution in [2.75, 3.05) is 25.4 Å². The average Bonchev–Trinajstić information content (AvgIpc) is 2.48. The van der Waals surface area contributed by atoms with Crippen molar-refractivity contribution >= 4 is 27.7 Å². The minimum absolute atomic E-state index is 0.204. The van der Waals surface area contributed by atoms with Crippen LogP contribution in [0.15, 0.2) is 28.7 Å². The van der Waals surface area contributed by atoms with Crippen LogP contribution < -0.4 is 5.73 Å². The smallest absolute Gasteiger partial charge is 0.0459 e. The number of nitrogens with zero attached hydrogens (tertiary/aromatic N) is 1. The Balaban J connectivity index is 2.69. The van der Waals surface area contributed by atoms with Crippen LogP contribution >= 0.6 is 27.7 Å². The van der Waals surface area contributed by atoms with E-state index in [0.717, 1.165) is 31.8 Å². The lowest BCUT2D eigenvalue weighted by Crippen LogP contribution is -2.29. The number of hydrogen-bond acceptors (Lipinski definition) is 3. The second-order valence-corrected chi connectivity index (χ2v) is 7.02. The van der Waals surface area contributed by atoms with Crippen molar-refractivity contribution in [1.82, 2.24) is 4.90 Å². The van der Waals surface area contributed by atoms with Crippen LogP contribution in [0.1, 0.15) is 38.0 Å². The van der Waals surface area contributed by atoms with Gasteiger partial charge in [-0.05, 0) is 31.1 Å². The van der Waals surface area contributed by atoms with Gasteiger partial charge in [0.05, 0.1) is 0 Å². The van der Waals surface area contributed by atoms with E-state index in [9.17, 15) is 0 Å². The van der Waals surface area contributed by atoms with E-state index >= 15 is 0 Å². The van der Waals surface area contributed by atoms with Gasteiger partial charge in [0.15, 0.2) is 0 Å². The van der Waals surface area contributed by atoms with Crippen LogP contribution in [0.5, 0.6) is 0 Å². The molecular formula is C16H27BrN2S. The quantitative estimate of drug-likeness (QED) is 0.713. The molecule has 0 aliphatic rings. The van der Waals surface area contributed by atoms with Gasteiger partial charge in [-0.25, -0.2) is 0 Å². The molecule has 114 valence electrons. The number of thioether (sulfide) groups is 1. The molecule has 0 aromatic heterocycles. The second-order valence-electron chi connectivity index (χ2n) is 4.91. The molecule has 1 aromatic rings. The van der Waals surface area contributed by atoms with Crippen molar-refractivity contribution in [2.45, 2.75) is 38.5 Å². The van der Waals surface area contributed by atoms with Gasteiger partial charge in [-0.1, -0.05) is 54.9 Å². The maximum absolute atomic E-state index is 6.34. The fraction of sp³-hybridized carbons (Fsp3) is 0.625. The molecule has 0 aliphatic carbocycles. The minimum Gasteiger partial charge on any atom is -0.326 e. The maximum atomic E-state index is 6.34. The molecule has 1 aromatic carbocycles. The zero-order chi connectivity index (χ0) is 15.0. The van der Waals surface area contributed by atoms with Gasteiger partial charge < -0.3 is 10.6 Å². The average molecular weight is 359 g/mol. The number of halogens is 1. The fourth-order valence-corrected chi connectivity index (χ4v) is 4.34. The lowest BCUT2D eigenvalue weighted by molar-refractivity contribution is 0.323. The molecule has 0 saturated carbocycles. The summed E-state index contributed by atoms with van der Waals surface area (Å²) in [5.74, 6) is 1.13. The van der Waals surface area contributed by atoms with Gasteiger partial charge in [-0.15, -0.1) is 0 Å². The highest BCUT2D eigenvalue weighted by molar-refractivity contribution is 9.10. The highest BCUT2D eigenvalue weighted by Crippen LogP contribution is 2.36. The number of hydrogen-bond donors (Lipinski definition) is 1. The number of rotatable bonds is 9. The zero-order valence-corrected chi connectivity index (χ0v) is 15.2. The summed E-state index contributed by atoms with van der Waals surface area (Å²) in [5.41, 5.74) is 7.67. The Labute approximate surface area is 136 Å². The molecule has 0 saturated heterocycles. The first-order chi connectivity index (χ1) is 9.63. The monoisotopic (exact) mass is 358 g/mol. The van der Waals surface area contributed by atoms with Gasteiger partial charge in [0.1, 0.15) is 0 Å². The Morgan fingerprint density at radius 2 is 1.85 bits per heavy atom. The molecule has 0 fully saturated rings. The Hall–Kier alpha value is -0.0300. The van der Waals surface area contributed by atoms with Crippen LogP contribution in [0.4, 0.5) is 0 Å². The Morgan fingerprint density at radius 1 is 1.20 bits per heavy atom. The summed E-state index contributed by atoms with van der Waals surface area (Å²) in [5, 5.41) is 0.367. The van der Waals surface area contributed by atoms with E-state index in [1.54, 1.807) is 0 Å². The van der Waals surface area contributed by atoms with Crippen LogP contribution in [0.3, 0.4) is 0 Å². The molecule has 0 radical (unpaired) electrons. The van der Waals surface area contributed by atoms with Crippen molar-refractivity contribution in [3.05, 3.63) is 34.3 Å². The van der Waals surface area contributed by atoms with E-state index < -0.39 is 0 Å². The third-order valence-electron chi connectivity index (χ3n) is 3.67. The van der Waals surface area contributed by atoms with Gasteiger partial charge in [-0.3, -0.25) is 0 Å². The summed E-state index contributed by atoms with van der Waals surface area (Å²) in [7, 11) is 0. The largest absolute Gasteiger partial charge is 0.326 e. The molecule has 0 spiro atoms. The van der Waals surface area contributed by atoms with Crippen LogP contribution in [0, 0.1) is 0 Å². The van der Waals surface area contributed by atoms with Crippen LogP contribution in [0.25, 0.3) is 0 Å². The molecular weight excluding hydrogens is 332 g/mol. The van der Waals surface area contributed by atoms with Gasteiger partial charge in [0.2, 0.25) is 0 Å². The summed E-state index contributed by atoms with van der Waals surface area (Å²) in [6, 6.07) is 8.66. The first-order valence-electron chi connectivity index (χ1n) is 7.47. The number of benzene rings is 1. The first kappa shape index (κ1) is 18.0. The molecule has 0 bridgehead atoms. The second kappa shape index (κ2) is 9.82. The van der Waals surface area contributed by atoms with E-state index in [4.69, 9.17) is 5.73 Å². The van der Waals surface area contributed by atoms with E-state index in [1.807, 2.05) is 11.8 Å². The summed E-state index contributed by atoms with van der Waals surface area (Å²) >= 11 is 5.65. The van der Waals surface area contributed by atoms with E-state index in [1.165, 1.54) is 10.0 Å². The molecule has 2 N–H and O–H groups in total. The third kappa shape index (κ3) is 5.40. The van der Waals surface area contributed by atoms with Crippen molar-refractivity contribution in [3.8, 4) is 0 Å². The topological polar surface area (TPSA) is 29.3 Å². The standard InChI is InChI=1S/C16H27BrN2S/c1-4-15(18)16(13-9-7-8-10-14(13)17)20-12-11-19(5-2)6-3/h7-10,15-16H,4-6,11-12,18H2,1-3H3. The Kier molecular flexibility index (Phi) is 8.85. The Morgan fingerprint density at radius 3 is 2.40 bits per heavy atom. The predicted molar refractivity (Wildman–Crippen MR) is 95.4 cm³/mol.